The van der Waals surface area contributed by atoms with Crippen molar-refractivity contribution >= 4 is 13.8 Å². The summed E-state index contributed by atoms with van der Waals surface area (Å²) in [5, 5.41) is 0. The minimum absolute atomic E-state index is 0.0291. The molecule has 0 spiro atoms. The Morgan fingerprint density at radius 1 is 0.617 bits per heavy atom. The highest BCUT2D eigenvalue weighted by molar-refractivity contribution is 7.45. The molecule has 47 heavy (non-hydrogen) atoms. The topological polar surface area (TPSA) is 120 Å². The Hall–Kier alpha value is -0.500. The molecule has 3 unspecified atom stereocenters. The van der Waals surface area contributed by atoms with E-state index in [1.54, 1.807) is 6.92 Å². The lowest BCUT2D eigenvalue weighted by molar-refractivity contribution is -0.254. The van der Waals surface area contributed by atoms with Gasteiger partial charge in [-0.3, -0.25) is 13.9 Å². The van der Waals surface area contributed by atoms with Gasteiger partial charge >= 0.3 is 5.97 Å². The first-order chi connectivity index (χ1) is 22.8. The van der Waals surface area contributed by atoms with Gasteiger partial charge < -0.3 is 24.6 Å². The number of nitrogens with two attached hydrogens (primary N) is 1. The highest BCUT2D eigenvalue weighted by Gasteiger charge is 2.30. The summed E-state index contributed by atoms with van der Waals surface area (Å²) in [6.45, 7) is 8.27. The molecular weight excluding hydrogens is 613 g/mol. The van der Waals surface area contributed by atoms with Crippen molar-refractivity contribution in [2.75, 3.05) is 19.8 Å². The third-order valence-electron chi connectivity index (χ3n) is 8.99. The van der Waals surface area contributed by atoms with Crippen LogP contribution >= 0.6 is 7.82 Å². The second kappa shape index (κ2) is 34.0. The lowest BCUT2D eigenvalue weighted by Gasteiger charge is -2.31. The largest absolute Gasteiger partial charge is 0.756 e. The van der Waals surface area contributed by atoms with E-state index in [-0.39, 0.29) is 19.1 Å². The average Bonchev–Trinajstić information content (AvgIpc) is 3.05. The van der Waals surface area contributed by atoms with E-state index in [2.05, 4.69) is 13.8 Å². The number of phosphoric acid groups is 1. The van der Waals surface area contributed by atoms with Crippen molar-refractivity contribution in [1.29, 1.82) is 0 Å². The quantitative estimate of drug-likeness (QED) is 0.0296. The summed E-state index contributed by atoms with van der Waals surface area (Å²) in [5.74, 6) is -0.845. The van der Waals surface area contributed by atoms with Crippen LogP contribution in [0.3, 0.4) is 0 Å². The average molecular weight is 691 g/mol. The Kier molecular flexibility index (Phi) is 33.6. The van der Waals surface area contributed by atoms with E-state index < -0.39 is 26.2 Å². The second-order valence-electron chi connectivity index (χ2n) is 13.7. The number of rotatable bonds is 37. The first-order valence-corrected chi connectivity index (χ1v) is 21.4. The number of carbonyl (C=O) groups excluding carboxylic acids is 1. The molecule has 282 valence electrons. The summed E-state index contributed by atoms with van der Waals surface area (Å²) in [4.78, 5) is 25.2. The van der Waals surface area contributed by atoms with Gasteiger partial charge in [0.1, 0.15) is 6.10 Å². The number of carbonyl (C=O) groups is 1. The van der Waals surface area contributed by atoms with Crippen molar-refractivity contribution in [2.24, 2.45) is 11.7 Å². The number of esters is 1. The Labute approximate surface area is 291 Å². The Balaban J connectivity index is 4.28. The van der Waals surface area contributed by atoms with Crippen molar-refractivity contribution in [3.05, 3.63) is 0 Å². The molecule has 0 aliphatic carbocycles. The minimum Gasteiger partial charge on any atom is -0.756 e. The van der Waals surface area contributed by atoms with Gasteiger partial charge in [0.05, 0.1) is 12.5 Å². The number of unbranched alkanes of at least 4 members (excludes halogenated alkanes) is 24. The predicted octanol–water partition coefficient (Wildman–Crippen LogP) is 10.9. The molecule has 0 rings (SSSR count). The Morgan fingerprint density at radius 2 is 1.00 bits per heavy atom. The zero-order chi connectivity index (χ0) is 34.9. The molecule has 0 aromatic rings. The van der Waals surface area contributed by atoms with Gasteiger partial charge in [-0.15, -0.1) is 0 Å². The van der Waals surface area contributed by atoms with E-state index in [1.165, 1.54) is 135 Å². The zero-order valence-electron chi connectivity index (χ0n) is 31.3. The van der Waals surface area contributed by atoms with Gasteiger partial charge in [0.15, 0.2) is 0 Å². The summed E-state index contributed by atoms with van der Waals surface area (Å²) in [7, 11) is -4.72. The Morgan fingerprint density at radius 3 is 1.40 bits per heavy atom. The van der Waals surface area contributed by atoms with E-state index in [0.717, 1.165) is 32.1 Å². The molecule has 0 amide bonds. The molecule has 0 aliphatic heterocycles. The third-order valence-corrected chi connectivity index (χ3v) is 9.95. The lowest BCUT2D eigenvalue weighted by Crippen LogP contribution is -2.36. The summed E-state index contributed by atoms with van der Waals surface area (Å²) < 4.78 is 33.7. The van der Waals surface area contributed by atoms with Crippen LogP contribution in [0.15, 0.2) is 0 Å². The molecule has 0 aliphatic rings. The van der Waals surface area contributed by atoms with Crippen LogP contribution < -0.4 is 10.6 Å². The summed E-state index contributed by atoms with van der Waals surface area (Å²) in [6.07, 6.45) is 31.4. The van der Waals surface area contributed by atoms with Gasteiger partial charge in [-0.2, -0.15) is 0 Å². The van der Waals surface area contributed by atoms with Crippen molar-refractivity contribution < 1.29 is 32.8 Å². The molecule has 0 saturated heterocycles. The van der Waals surface area contributed by atoms with E-state index in [1.807, 2.05) is 6.92 Å². The molecule has 8 nitrogen and oxygen atoms in total. The smallest absolute Gasteiger partial charge is 0.311 e. The van der Waals surface area contributed by atoms with Crippen LogP contribution in [-0.4, -0.2) is 38.1 Å². The number of ether oxygens (including phenoxy) is 2. The fraction of sp³-hybridized carbons (Fsp3) is 0.974. The molecular formula is C38H77NO7P-. The van der Waals surface area contributed by atoms with Crippen LogP contribution in [0.25, 0.3) is 0 Å². The molecule has 2 N–H and O–H groups in total. The fourth-order valence-corrected chi connectivity index (χ4v) is 6.67. The monoisotopic (exact) mass is 691 g/mol. The predicted molar refractivity (Wildman–Crippen MR) is 194 cm³/mol. The van der Waals surface area contributed by atoms with E-state index >= 15 is 0 Å². The molecule has 0 aromatic heterocycles. The van der Waals surface area contributed by atoms with E-state index in [0.29, 0.717) is 13.0 Å². The molecule has 4 atom stereocenters. The minimum atomic E-state index is -4.72. The van der Waals surface area contributed by atoms with Crippen LogP contribution in [-0.2, 0) is 27.9 Å². The van der Waals surface area contributed by atoms with Crippen LogP contribution in [0.4, 0.5) is 0 Å². The maximum Gasteiger partial charge on any atom is 0.311 e. The molecule has 0 bridgehead atoms. The highest BCUT2D eigenvalue weighted by atomic mass is 31.2. The molecule has 0 radical (unpaired) electrons. The Bertz CT molecular complexity index is 726. The molecule has 0 fully saturated rings. The van der Waals surface area contributed by atoms with Gasteiger partial charge in [-0.05, 0) is 19.8 Å². The molecule has 0 saturated carbocycles. The molecule has 0 aromatic carbocycles. The maximum absolute atomic E-state index is 12.9. The molecule has 0 heterocycles. The van der Waals surface area contributed by atoms with Crippen LogP contribution in [0.2, 0.25) is 0 Å². The first kappa shape index (κ1) is 46.5. The van der Waals surface area contributed by atoms with Gasteiger partial charge in [0.25, 0.3) is 7.82 Å². The van der Waals surface area contributed by atoms with Gasteiger partial charge in [-0.1, -0.05) is 181 Å². The van der Waals surface area contributed by atoms with E-state index in [4.69, 9.17) is 24.3 Å². The SMILES string of the molecule is CCCCCCCCCCCCCCCCO[C@@H](C)C(OC(=O)C(C)CCCCCCCCCCCCCC)OP(=O)([O-])OCCN. The van der Waals surface area contributed by atoms with Gasteiger partial charge in [-0.25, -0.2) is 0 Å². The lowest BCUT2D eigenvalue weighted by atomic mass is 10.0. The normalized spacial score (nSPS) is 14.9. The van der Waals surface area contributed by atoms with Gasteiger partial charge in [0, 0.05) is 13.2 Å². The van der Waals surface area contributed by atoms with Crippen molar-refractivity contribution in [2.45, 2.75) is 213 Å². The first-order valence-electron chi connectivity index (χ1n) is 19.9. The van der Waals surface area contributed by atoms with Crippen LogP contribution in [0.5, 0.6) is 0 Å². The molecule has 9 heteroatoms. The maximum atomic E-state index is 12.9. The summed E-state index contributed by atoms with van der Waals surface area (Å²) in [5.41, 5.74) is 5.38. The van der Waals surface area contributed by atoms with Gasteiger partial charge in [0.2, 0.25) is 6.29 Å². The highest BCUT2D eigenvalue weighted by Crippen LogP contribution is 2.41. The fourth-order valence-electron chi connectivity index (χ4n) is 5.81. The second-order valence-corrected chi connectivity index (χ2v) is 15.1. The number of hydrogen-bond donors (Lipinski definition) is 1. The van der Waals surface area contributed by atoms with Crippen LogP contribution in [0.1, 0.15) is 201 Å². The number of phosphoric ester groups is 1. The van der Waals surface area contributed by atoms with Crippen molar-refractivity contribution in [1.82, 2.24) is 0 Å². The standard InChI is InChI=1S/C38H78NO7P/c1-5-7-9-11-13-15-17-19-20-22-24-26-28-30-33-43-36(4)38(46-47(41,42)44-34-32-39)45-37(40)35(3)31-29-27-25-23-21-18-16-14-12-10-8-6-2/h35-36,38H,5-34,39H2,1-4H3,(H,41,42)/p-1/t35?,36-,38?/m0/s1. The van der Waals surface area contributed by atoms with E-state index in [9.17, 15) is 14.3 Å². The summed E-state index contributed by atoms with van der Waals surface area (Å²) >= 11 is 0. The zero-order valence-corrected chi connectivity index (χ0v) is 32.2. The summed E-state index contributed by atoms with van der Waals surface area (Å²) in [6, 6.07) is 0. The van der Waals surface area contributed by atoms with Crippen molar-refractivity contribution in [3.8, 4) is 0 Å². The van der Waals surface area contributed by atoms with Crippen LogP contribution in [0, 0.1) is 5.92 Å². The van der Waals surface area contributed by atoms with Crippen molar-refractivity contribution in [3.63, 3.8) is 0 Å². The third kappa shape index (κ3) is 31.2. The number of hydrogen-bond acceptors (Lipinski definition) is 8.